The molecule has 3 rings (SSSR count). The van der Waals surface area contributed by atoms with E-state index < -0.39 is 15.9 Å². The lowest BCUT2D eigenvalue weighted by Gasteiger charge is -2.24. The minimum absolute atomic E-state index is 0.0944. The summed E-state index contributed by atoms with van der Waals surface area (Å²) in [5.74, 6) is -0.315. The first kappa shape index (κ1) is 23.4. The number of halogens is 2. The van der Waals surface area contributed by atoms with Gasteiger partial charge in [-0.15, -0.1) is 0 Å². The van der Waals surface area contributed by atoms with Crippen LogP contribution in [0.2, 0.25) is 10.0 Å². The van der Waals surface area contributed by atoms with Crippen molar-refractivity contribution in [2.75, 3.05) is 11.0 Å². The zero-order valence-electron chi connectivity index (χ0n) is 16.5. The molecule has 0 aliphatic heterocycles. The van der Waals surface area contributed by atoms with Crippen LogP contribution in [0.25, 0.3) is 0 Å². The van der Waals surface area contributed by atoms with Crippen LogP contribution in [0.4, 0.5) is 5.69 Å². The normalized spacial score (nSPS) is 10.8. The summed E-state index contributed by atoms with van der Waals surface area (Å²) in [4.78, 5) is 17.7. The van der Waals surface area contributed by atoms with Crippen molar-refractivity contribution in [2.24, 2.45) is 0 Å². The average molecular weight is 490 g/mol. The largest absolute Gasteiger partial charge is 0.363 e. The maximum Gasteiger partial charge on any atom is 0.295 e. The standard InChI is InChI=1S/C22H17Cl2N3O4S/c23-17-9-12-21(20(24)15-17)31-27(18-5-2-1-3-6-18)32(29,30)19-10-7-16(8-11-19)22(28)26-14-4-13-25/h1-3,5-12,15H,4,14H2,(H,26,28). The predicted octanol–water partition coefficient (Wildman–Crippen LogP) is 4.83. The number of carbonyl (C=O) groups excluding carboxylic acids is 1. The molecule has 164 valence electrons. The number of amides is 1. The number of carbonyl (C=O) groups is 1. The zero-order chi connectivity index (χ0) is 23.1. The van der Waals surface area contributed by atoms with Crippen LogP contribution < -0.4 is 14.6 Å². The average Bonchev–Trinajstić information content (AvgIpc) is 2.79. The summed E-state index contributed by atoms with van der Waals surface area (Å²) >= 11 is 12.1. The molecular formula is C22H17Cl2N3O4S. The van der Waals surface area contributed by atoms with E-state index in [0.29, 0.717) is 5.02 Å². The van der Waals surface area contributed by atoms with E-state index in [1.54, 1.807) is 30.3 Å². The smallest absolute Gasteiger partial charge is 0.295 e. The van der Waals surface area contributed by atoms with Gasteiger partial charge in [0.15, 0.2) is 5.75 Å². The molecule has 3 aromatic rings. The molecule has 0 radical (unpaired) electrons. The van der Waals surface area contributed by atoms with Crippen molar-refractivity contribution >= 4 is 44.8 Å². The van der Waals surface area contributed by atoms with Crippen molar-refractivity contribution in [3.63, 3.8) is 0 Å². The highest BCUT2D eigenvalue weighted by atomic mass is 35.5. The number of benzene rings is 3. The van der Waals surface area contributed by atoms with E-state index in [-0.39, 0.29) is 39.9 Å². The molecule has 3 aromatic carbocycles. The molecule has 32 heavy (non-hydrogen) atoms. The molecule has 0 unspecified atom stereocenters. The highest BCUT2D eigenvalue weighted by molar-refractivity contribution is 7.92. The Kier molecular flexibility index (Phi) is 7.59. The van der Waals surface area contributed by atoms with Gasteiger partial charge < -0.3 is 10.2 Å². The number of hydrogen-bond donors (Lipinski definition) is 1. The van der Waals surface area contributed by atoms with Crippen LogP contribution >= 0.6 is 23.2 Å². The summed E-state index contributed by atoms with van der Waals surface area (Å²) in [5, 5.41) is 11.6. The summed E-state index contributed by atoms with van der Waals surface area (Å²) in [6.07, 6.45) is 0.175. The third kappa shape index (κ3) is 5.51. The fourth-order valence-corrected chi connectivity index (χ4v) is 4.33. The monoisotopic (exact) mass is 489 g/mol. The van der Waals surface area contributed by atoms with Gasteiger partial charge in [-0.1, -0.05) is 45.9 Å². The molecule has 7 nitrogen and oxygen atoms in total. The van der Waals surface area contributed by atoms with E-state index in [9.17, 15) is 13.2 Å². The maximum absolute atomic E-state index is 13.4. The lowest BCUT2D eigenvalue weighted by atomic mass is 10.2. The second-order valence-corrected chi connectivity index (χ2v) is 9.02. The van der Waals surface area contributed by atoms with Gasteiger partial charge in [0, 0.05) is 17.1 Å². The number of hydrogen-bond acceptors (Lipinski definition) is 5. The molecule has 0 atom stereocenters. The van der Waals surface area contributed by atoms with Gasteiger partial charge in [-0.2, -0.15) is 13.7 Å². The van der Waals surface area contributed by atoms with Crippen LogP contribution in [-0.2, 0) is 10.0 Å². The van der Waals surface area contributed by atoms with Gasteiger partial charge in [0.2, 0.25) is 0 Å². The van der Waals surface area contributed by atoms with Crippen molar-refractivity contribution in [2.45, 2.75) is 11.3 Å². The third-order valence-corrected chi connectivity index (χ3v) is 6.32. The van der Waals surface area contributed by atoms with E-state index in [0.717, 1.165) is 4.47 Å². The second-order valence-electron chi connectivity index (χ2n) is 6.42. The van der Waals surface area contributed by atoms with Gasteiger partial charge in [0.25, 0.3) is 15.9 Å². The molecule has 0 bridgehead atoms. The number of nitrogens with zero attached hydrogens (tertiary/aromatic N) is 2. The Morgan fingerprint density at radius 1 is 1.03 bits per heavy atom. The number of anilines is 1. The number of para-hydroxylation sites is 1. The van der Waals surface area contributed by atoms with E-state index in [1.807, 2.05) is 6.07 Å². The van der Waals surface area contributed by atoms with Crippen molar-refractivity contribution < 1.29 is 18.0 Å². The number of sulfonamides is 1. The van der Waals surface area contributed by atoms with Crippen molar-refractivity contribution in [1.82, 2.24) is 5.32 Å². The molecule has 0 heterocycles. The predicted molar refractivity (Wildman–Crippen MR) is 122 cm³/mol. The second kappa shape index (κ2) is 10.4. The Balaban J connectivity index is 1.93. The first-order valence-electron chi connectivity index (χ1n) is 9.31. The van der Waals surface area contributed by atoms with Gasteiger partial charge >= 0.3 is 0 Å². The van der Waals surface area contributed by atoms with Crippen LogP contribution in [0.15, 0.2) is 77.7 Å². The number of nitriles is 1. The minimum atomic E-state index is -4.20. The quantitative estimate of drug-likeness (QED) is 0.360. The van der Waals surface area contributed by atoms with Crippen LogP contribution in [0.1, 0.15) is 16.8 Å². The molecule has 0 spiro atoms. The lowest BCUT2D eigenvalue weighted by molar-refractivity contribution is 0.0954. The molecule has 1 amide bonds. The summed E-state index contributed by atoms with van der Waals surface area (Å²) in [6, 6.07) is 19.9. The van der Waals surface area contributed by atoms with Gasteiger partial charge in [-0.05, 0) is 54.6 Å². The zero-order valence-corrected chi connectivity index (χ0v) is 18.9. The molecular weight excluding hydrogens is 473 g/mol. The van der Waals surface area contributed by atoms with Crippen molar-refractivity contribution in [3.05, 3.63) is 88.4 Å². The van der Waals surface area contributed by atoms with Crippen LogP contribution in [-0.4, -0.2) is 20.9 Å². The van der Waals surface area contributed by atoms with E-state index in [1.165, 1.54) is 42.5 Å². The van der Waals surface area contributed by atoms with Gasteiger partial charge in [0.05, 0.1) is 28.1 Å². The summed E-state index contributed by atoms with van der Waals surface area (Å²) in [7, 11) is -4.20. The molecule has 0 aliphatic carbocycles. The fourth-order valence-electron chi connectivity index (χ4n) is 2.64. The van der Waals surface area contributed by atoms with Gasteiger partial charge in [-0.3, -0.25) is 4.79 Å². The Morgan fingerprint density at radius 2 is 1.72 bits per heavy atom. The van der Waals surface area contributed by atoms with E-state index in [4.69, 9.17) is 33.3 Å². The van der Waals surface area contributed by atoms with Crippen LogP contribution in [0, 0.1) is 11.3 Å². The molecule has 0 saturated heterocycles. The molecule has 10 heteroatoms. The lowest BCUT2D eigenvalue weighted by Crippen LogP contribution is -2.34. The summed E-state index contributed by atoms with van der Waals surface area (Å²) in [6.45, 7) is 0.201. The van der Waals surface area contributed by atoms with Gasteiger partial charge in [0.1, 0.15) is 0 Å². The summed E-state index contributed by atoms with van der Waals surface area (Å²) in [5.41, 5.74) is 0.506. The molecule has 1 N–H and O–H groups in total. The van der Waals surface area contributed by atoms with E-state index >= 15 is 0 Å². The minimum Gasteiger partial charge on any atom is -0.363 e. The molecule has 0 saturated carbocycles. The Labute approximate surface area is 195 Å². The van der Waals surface area contributed by atoms with Crippen LogP contribution in [0.3, 0.4) is 0 Å². The SMILES string of the molecule is N#CCCNC(=O)c1ccc(S(=O)(=O)N(Oc2ccc(Cl)cc2Cl)c2ccccc2)cc1. The van der Waals surface area contributed by atoms with Gasteiger partial charge in [-0.25, -0.2) is 0 Å². The Morgan fingerprint density at radius 3 is 2.34 bits per heavy atom. The van der Waals surface area contributed by atoms with Crippen LogP contribution in [0.5, 0.6) is 5.75 Å². The van der Waals surface area contributed by atoms with Crippen molar-refractivity contribution in [3.8, 4) is 11.8 Å². The highest BCUT2D eigenvalue weighted by Crippen LogP contribution is 2.32. The molecule has 0 aliphatic rings. The van der Waals surface area contributed by atoms with E-state index in [2.05, 4.69) is 5.32 Å². The highest BCUT2D eigenvalue weighted by Gasteiger charge is 2.28. The Hall–Kier alpha value is -3.25. The maximum atomic E-state index is 13.4. The first-order valence-corrected chi connectivity index (χ1v) is 11.5. The van der Waals surface area contributed by atoms with Crippen molar-refractivity contribution in [1.29, 1.82) is 5.26 Å². The third-order valence-electron chi connectivity index (χ3n) is 4.20. The number of rotatable bonds is 8. The topological polar surface area (TPSA) is 99.5 Å². The Bertz CT molecular complexity index is 1240. The summed E-state index contributed by atoms with van der Waals surface area (Å²) < 4.78 is 27.6. The first-order chi connectivity index (χ1) is 15.3. The fraction of sp³-hybridized carbons (Fsp3) is 0.0909. The molecule has 0 aromatic heterocycles. The number of nitrogens with one attached hydrogen (secondary N) is 1. The molecule has 0 fully saturated rings.